The summed E-state index contributed by atoms with van der Waals surface area (Å²) >= 11 is 0. The zero-order valence-corrected chi connectivity index (χ0v) is 7.25. The maximum Gasteiger partial charge on any atom is 0.309 e. The van der Waals surface area contributed by atoms with Crippen molar-refractivity contribution in [3.63, 3.8) is 0 Å². The molecule has 0 aromatic rings. The van der Waals surface area contributed by atoms with E-state index in [1.165, 1.54) is 0 Å². The fourth-order valence-electron chi connectivity index (χ4n) is 0.784. The van der Waals surface area contributed by atoms with Crippen molar-refractivity contribution in [2.24, 2.45) is 5.92 Å². The zero-order valence-electron chi connectivity index (χ0n) is 7.25. The van der Waals surface area contributed by atoms with Gasteiger partial charge in [0, 0.05) is 0 Å². The maximum atomic E-state index is 11.0. The summed E-state index contributed by atoms with van der Waals surface area (Å²) in [5, 5.41) is 8.26. The molecule has 1 rings (SSSR count). The Bertz CT molecular complexity index is 194. The van der Waals surface area contributed by atoms with Crippen LogP contribution in [0.1, 0.15) is 26.2 Å². The first-order valence-corrected chi connectivity index (χ1v) is 3.81. The number of nitriles is 1. The number of carbonyl (C=O) groups is 1. The molecule has 0 spiro atoms. The van der Waals surface area contributed by atoms with Gasteiger partial charge in [-0.25, -0.2) is 0 Å². The Morgan fingerprint density at radius 1 is 1.75 bits per heavy atom. The van der Waals surface area contributed by atoms with Crippen molar-refractivity contribution in [1.82, 2.24) is 6.15 Å². The van der Waals surface area contributed by atoms with Crippen molar-refractivity contribution in [1.29, 1.82) is 5.26 Å². The molecule has 1 saturated carbocycles. The van der Waals surface area contributed by atoms with Gasteiger partial charge >= 0.3 is 5.97 Å². The number of nitrogens with zero attached hydrogens (tertiary/aromatic N) is 1. The van der Waals surface area contributed by atoms with E-state index in [0.29, 0.717) is 6.42 Å². The molecular formula is C8H14N2O2. The third-order valence-electron chi connectivity index (χ3n) is 1.61. The summed E-state index contributed by atoms with van der Waals surface area (Å²) < 4.78 is 4.95. The van der Waals surface area contributed by atoms with Crippen LogP contribution in [0.15, 0.2) is 0 Å². The van der Waals surface area contributed by atoms with Crippen LogP contribution in [0.4, 0.5) is 0 Å². The van der Waals surface area contributed by atoms with Crippen molar-refractivity contribution in [3.8, 4) is 6.07 Å². The largest absolute Gasteiger partial charge is 0.461 e. The average Bonchev–Trinajstić information content (AvgIpc) is 2.67. The summed E-state index contributed by atoms with van der Waals surface area (Å²) in [5.74, 6) is 0.00360. The average molecular weight is 170 g/mol. The van der Waals surface area contributed by atoms with E-state index in [1.807, 2.05) is 6.07 Å². The van der Waals surface area contributed by atoms with Gasteiger partial charge in [0.05, 0.1) is 18.4 Å². The monoisotopic (exact) mass is 170 g/mol. The molecule has 4 nitrogen and oxygen atoms in total. The Hall–Kier alpha value is -1.08. The summed E-state index contributed by atoms with van der Waals surface area (Å²) in [6.45, 7) is 1.74. The van der Waals surface area contributed by atoms with E-state index in [2.05, 4.69) is 0 Å². The Kier molecular flexibility index (Phi) is 4.30. The van der Waals surface area contributed by atoms with Crippen LogP contribution in [0, 0.1) is 17.2 Å². The molecule has 1 aliphatic rings. The normalized spacial score (nSPS) is 17.0. The zero-order chi connectivity index (χ0) is 8.27. The molecule has 68 valence electrons. The first-order chi connectivity index (χ1) is 5.24. The van der Waals surface area contributed by atoms with Crippen molar-refractivity contribution >= 4 is 5.97 Å². The van der Waals surface area contributed by atoms with Crippen LogP contribution in [-0.4, -0.2) is 12.1 Å². The van der Waals surface area contributed by atoms with Gasteiger partial charge < -0.3 is 10.9 Å². The molecule has 0 heterocycles. The smallest absolute Gasteiger partial charge is 0.309 e. The van der Waals surface area contributed by atoms with Crippen molar-refractivity contribution in [2.45, 2.75) is 32.3 Å². The molecule has 0 saturated heterocycles. The van der Waals surface area contributed by atoms with Crippen molar-refractivity contribution in [2.75, 3.05) is 0 Å². The van der Waals surface area contributed by atoms with E-state index in [-0.39, 0.29) is 24.1 Å². The number of ether oxygens (including phenoxy) is 1. The first-order valence-electron chi connectivity index (χ1n) is 3.81. The lowest BCUT2D eigenvalue weighted by Crippen LogP contribution is -2.15. The SMILES string of the molecule is CC(CC#N)OC(=O)C1CC1.N. The maximum absolute atomic E-state index is 11.0. The predicted molar refractivity (Wildman–Crippen MR) is 43.5 cm³/mol. The highest BCUT2D eigenvalue weighted by atomic mass is 16.5. The van der Waals surface area contributed by atoms with Gasteiger partial charge in [-0.15, -0.1) is 0 Å². The third-order valence-corrected chi connectivity index (χ3v) is 1.61. The highest BCUT2D eigenvalue weighted by Gasteiger charge is 2.32. The van der Waals surface area contributed by atoms with Crippen LogP contribution < -0.4 is 6.15 Å². The fourth-order valence-corrected chi connectivity index (χ4v) is 0.784. The predicted octanol–water partition coefficient (Wildman–Crippen LogP) is 1.40. The lowest BCUT2D eigenvalue weighted by atomic mass is 10.3. The highest BCUT2D eigenvalue weighted by molar-refractivity contribution is 5.75. The van der Waals surface area contributed by atoms with Crippen LogP contribution in [-0.2, 0) is 9.53 Å². The molecule has 1 aliphatic carbocycles. The van der Waals surface area contributed by atoms with Crippen molar-refractivity contribution in [3.05, 3.63) is 0 Å². The molecule has 1 unspecified atom stereocenters. The molecule has 1 fully saturated rings. The minimum Gasteiger partial charge on any atom is -0.461 e. The summed E-state index contributed by atoms with van der Waals surface area (Å²) in [6, 6.07) is 1.95. The minimum absolute atomic E-state index is 0. The number of rotatable bonds is 3. The van der Waals surface area contributed by atoms with E-state index >= 15 is 0 Å². The number of hydrogen-bond acceptors (Lipinski definition) is 4. The minimum atomic E-state index is -0.243. The van der Waals surface area contributed by atoms with E-state index in [0.717, 1.165) is 12.8 Å². The summed E-state index contributed by atoms with van der Waals surface area (Å²) in [6.07, 6.45) is 1.96. The molecule has 0 aromatic heterocycles. The molecule has 4 heteroatoms. The standard InChI is InChI=1S/C8H11NO2.H3N/c1-6(4-5-9)11-8(10)7-2-3-7;/h6-7H,2-4H2,1H3;1H3. The fraction of sp³-hybridized carbons (Fsp3) is 0.750. The molecule has 0 bridgehead atoms. The van der Waals surface area contributed by atoms with E-state index in [4.69, 9.17) is 10.00 Å². The Morgan fingerprint density at radius 3 is 2.75 bits per heavy atom. The summed E-state index contributed by atoms with van der Waals surface area (Å²) in [5.41, 5.74) is 0. The van der Waals surface area contributed by atoms with Gasteiger partial charge in [0.2, 0.25) is 0 Å². The molecule has 0 radical (unpaired) electrons. The second-order valence-electron chi connectivity index (χ2n) is 2.88. The molecule has 12 heavy (non-hydrogen) atoms. The van der Waals surface area contributed by atoms with Gasteiger partial charge in [-0.1, -0.05) is 0 Å². The van der Waals surface area contributed by atoms with Crippen LogP contribution in [0.5, 0.6) is 0 Å². The van der Waals surface area contributed by atoms with Crippen LogP contribution in [0.3, 0.4) is 0 Å². The van der Waals surface area contributed by atoms with Gasteiger partial charge in [-0.3, -0.25) is 4.79 Å². The van der Waals surface area contributed by atoms with Crippen LogP contribution >= 0.6 is 0 Å². The lowest BCUT2D eigenvalue weighted by molar-refractivity contribution is -0.149. The molecule has 0 aromatic carbocycles. The second-order valence-corrected chi connectivity index (χ2v) is 2.88. The number of carbonyl (C=O) groups excluding carboxylic acids is 1. The highest BCUT2D eigenvalue weighted by Crippen LogP contribution is 2.30. The molecule has 0 aliphatic heterocycles. The van der Waals surface area contributed by atoms with E-state index in [1.54, 1.807) is 6.92 Å². The third kappa shape index (κ3) is 3.35. The summed E-state index contributed by atoms with van der Waals surface area (Å²) in [4.78, 5) is 11.0. The Morgan fingerprint density at radius 2 is 2.33 bits per heavy atom. The topological polar surface area (TPSA) is 85.1 Å². The Labute approximate surface area is 72.1 Å². The van der Waals surface area contributed by atoms with Gasteiger partial charge in [0.25, 0.3) is 0 Å². The number of hydrogen-bond donors (Lipinski definition) is 1. The quantitative estimate of drug-likeness (QED) is 0.649. The van der Waals surface area contributed by atoms with Gasteiger partial charge in [-0.2, -0.15) is 5.26 Å². The molecule has 0 amide bonds. The van der Waals surface area contributed by atoms with Gasteiger partial charge in [0.15, 0.2) is 0 Å². The van der Waals surface area contributed by atoms with Gasteiger partial charge in [0.1, 0.15) is 6.10 Å². The van der Waals surface area contributed by atoms with Crippen LogP contribution in [0.2, 0.25) is 0 Å². The molecular weight excluding hydrogens is 156 g/mol. The van der Waals surface area contributed by atoms with Crippen LogP contribution in [0.25, 0.3) is 0 Å². The first kappa shape index (κ1) is 10.9. The summed E-state index contributed by atoms with van der Waals surface area (Å²) in [7, 11) is 0. The second kappa shape index (κ2) is 4.73. The van der Waals surface area contributed by atoms with E-state index < -0.39 is 0 Å². The van der Waals surface area contributed by atoms with E-state index in [9.17, 15) is 4.79 Å². The Balaban J connectivity index is 0.00000121. The van der Waals surface area contributed by atoms with Gasteiger partial charge in [-0.05, 0) is 19.8 Å². The van der Waals surface area contributed by atoms with Crippen molar-refractivity contribution < 1.29 is 9.53 Å². The molecule has 3 N–H and O–H groups in total. The lowest BCUT2D eigenvalue weighted by Gasteiger charge is -2.08. The number of esters is 1. The molecule has 1 atom stereocenters.